The normalized spacial score (nSPS) is 16.8. The highest BCUT2D eigenvalue weighted by molar-refractivity contribution is 5.91. The Balaban J connectivity index is 1.37. The first-order valence-corrected chi connectivity index (χ1v) is 9.49. The van der Waals surface area contributed by atoms with Gasteiger partial charge in [-0.2, -0.15) is 0 Å². The third-order valence-electron chi connectivity index (χ3n) is 4.82. The Bertz CT molecular complexity index is 944. The van der Waals surface area contributed by atoms with Crippen LogP contribution < -0.4 is 4.74 Å². The van der Waals surface area contributed by atoms with Crippen molar-refractivity contribution in [1.82, 2.24) is 14.9 Å². The first-order valence-electron chi connectivity index (χ1n) is 9.49. The van der Waals surface area contributed by atoms with E-state index >= 15 is 0 Å². The minimum Gasteiger partial charge on any atom is -0.482 e. The number of fused-ring (bicyclic) bond motifs is 1. The zero-order valence-electron chi connectivity index (χ0n) is 15.8. The van der Waals surface area contributed by atoms with Crippen LogP contribution in [-0.2, 0) is 11.3 Å². The molecule has 1 atom stereocenters. The van der Waals surface area contributed by atoms with E-state index in [2.05, 4.69) is 9.97 Å². The van der Waals surface area contributed by atoms with Gasteiger partial charge in [-0.05, 0) is 31.4 Å². The van der Waals surface area contributed by atoms with Gasteiger partial charge in [0.05, 0.1) is 6.10 Å². The largest absolute Gasteiger partial charge is 0.482 e. The van der Waals surface area contributed by atoms with Gasteiger partial charge in [0.1, 0.15) is 17.5 Å². The van der Waals surface area contributed by atoms with Crippen molar-refractivity contribution in [3.05, 3.63) is 54.4 Å². The van der Waals surface area contributed by atoms with Gasteiger partial charge in [0.25, 0.3) is 5.91 Å². The summed E-state index contributed by atoms with van der Waals surface area (Å²) in [7, 11) is 1.76. The van der Waals surface area contributed by atoms with Gasteiger partial charge in [-0.3, -0.25) is 9.78 Å². The van der Waals surface area contributed by atoms with Crippen molar-refractivity contribution < 1.29 is 18.7 Å². The molecule has 4 rings (SSSR count). The average Bonchev–Trinajstić information content (AvgIpc) is 3.21. The number of pyridine rings is 1. The van der Waals surface area contributed by atoms with Crippen LogP contribution >= 0.6 is 0 Å². The van der Waals surface area contributed by atoms with Crippen LogP contribution in [0.3, 0.4) is 0 Å². The van der Waals surface area contributed by atoms with Gasteiger partial charge in [-0.15, -0.1) is 0 Å². The second-order valence-electron chi connectivity index (χ2n) is 6.92. The van der Waals surface area contributed by atoms with Crippen molar-refractivity contribution in [3.8, 4) is 5.75 Å². The molecule has 1 fully saturated rings. The van der Waals surface area contributed by atoms with Crippen molar-refractivity contribution in [2.24, 2.45) is 0 Å². The standard InChI is InChI=1S/C21H23N3O4/c1-24(12-16-8-2-3-11-26-16)21(25)17-13-28-19(23-17)14-27-18-9-4-6-15-7-5-10-22-20(15)18/h4-7,9-10,13,16H,2-3,8,11-12,14H2,1H3. The summed E-state index contributed by atoms with van der Waals surface area (Å²) in [4.78, 5) is 22.8. The molecule has 28 heavy (non-hydrogen) atoms. The molecule has 1 unspecified atom stereocenters. The maximum Gasteiger partial charge on any atom is 0.275 e. The molecule has 7 heteroatoms. The summed E-state index contributed by atoms with van der Waals surface area (Å²) >= 11 is 0. The van der Waals surface area contributed by atoms with E-state index in [1.807, 2.05) is 30.3 Å². The van der Waals surface area contributed by atoms with Crippen LogP contribution in [0.15, 0.2) is 47.2 Å². The number of carbonyl (C=O) groups excluding carboxylic acids is 1. The fourth-order valence-electron chi connectivity index (χ4n) is 3.34. The van der Waals surface area contributed by atoms with Crippen molar-refractivity contribution in [2.75, 3.05) is 20.2 Å². The van der Waals surface area contributed by atoms with Crippen molar-refractivity contribution in [3.63, 3.8) is 0 Å². The SMILES string of the molecule is CN(CC1CCCCO1)C(=O)c1coc(COc2cccc3cccnc23)n1. The lowest BCUT2D eigenvalue weighted by atomic mass is 10.1. The molecule has 1 aromatic carbocycles. The molecule has 1 saturated heterocycles. The van der Waals surface area contributed by atoms with Crippen LogP contribution in [0.4, 0.5) is 0 Å². The van der Waals surface area contributed by atoms with Gasteiger partial charge in [-0.25, -0.2) is 4.98 Å². The highest BCUT2D eigenvalue weighted by Gasteiger charge is 2.22. The predicted molar refractivity (Wildman–Crippen MR) is 103 cm³/mol. The summed E-state index contributed by atoms with van der Waals surface area (Å²) in [5.41, 5.74) is 1.05. The average molecular weight is 381 g/mol. The van der Waals surface area contributed by atoms with E-state index in [1.165, 1.54) is 6.26 Å². The van der Waals surface area contributed by atoms with Gasteiger partial charge in [0.15, 0.2) is 12.3 Å². The summed E-state index contributed by atoms with van der Waals surface area (Å²) in [5, 5.41) is 0.995. The summed E-state index contributed by atoms with van der Waals surface area (Å²) < 4.78 is 16.9. The van der Waals surface area contributed by atoms with Crippen molar-refractivity contribution in [2.45, 2.75) is 32.0 Å². The first-order chi connectivity index (χ1) is 13.7. The lowest BCUT2D eigenvalue weighted by molar-refractivity contribution is -0.000293. The van der Waals surface area contributed by atoms with E-state index in [-0.39, 0.29) is 24.3 Å². The molecule has 2 aromatic heterocycles. The molecule has 1 aliphatic heterocycles. The summed E-state index contributed by atoms with van der Waals surface area (Å²) in [6.07, 6.45) is 6.41. The Kier molecular flexibility index (Phi) is 5.53. The Hall–Kier alpha value is -2.93. The lowest BCUT2D eigenvalue weighted by Gasteiger charge is -2.26. The second kappa shape index (κ2) is 8.39. The third-order valence-corrected chi connectivity index (χ3v) is 4.82. The number of ether oxygens (including phenoxy) is 2. The minimum atomic E-state index is -0.184. The number of para-hydroxylation sites is 1. The quantitative estimate of drug-likeness (QED) is 0.651. The molecular weight excluding hydrogens is 358 g/mol. The first kappa shape index (κ1) is 18.4. The Morgan fingerprint density at radius 2 is 2.18 bits per heavy atom. The van der Waals surface area contributed by atoms with Crippen molar-refractivity contribution in [1.29, 1.82) is 0 Å². The monoisotopic (exact) mass is 381 g/mol. The zero-order chi connectivity index (χ0) is 19.3. The van der Waals surface area contributed by atoms with Crippen LogP contribution in [0.2, 0.25) is 0 Å². The second-order valence-corrected chi connectivity index (χ2v) is 6.92. The van der Waals surface area contributed by atoms with Crippen LogP contribution in [0.25, 0.3) is 10.9 Å². The zero-order valence-corrected chi connectivity index (χ0v) is 15.8. The molecule has 0 N–H and O–H groups in total. The number of amides is 1. The number of rotatable bonds is 6. The molecule has 3 aromatic rings. The van der Waals surface area contributed by atoms with Crippen molar-refractivity contribution >= 4 is 16.8 Å². The van der Waals surface area contributed by atoms with E-state index < -0.39 is 0 Å². The van der Waals surface area contributed by atoms with Crippen LogP contribution in [0, 0.1) is 0 Å². The minimum absolute atomic E-state index is 0.0938. The fraction of sp³-hybridized carbons (Fsp3) is 0.381. The number of hydrogen-bond donors (Lipinski definition) is 0. The highest BCUT2D eigenvalue weighted by Crippen LogP contribution is 2.24. The van der Waals surface area contributed by atoms with E-state index in [0.29, 0.717) is 18.2 Å². The van der Waals surface area contributed by atoms with Gasteiger partial charge in [-0.1, -0.05) is 18.2 Å². The molecular formula is C21H23N3O4. The number of hydrogen-bond acceptors (Lipinski definition) is 6. The molecule has 1 aliphatic rings. The fourth-order valence-corrected chi connectivity index (χ4v) is 3.34. The molecule has 1 amide bonds. The Labute approximate surface area is 163 Å². The number of carbonyl (C=O) groups is 1. The van der Waals surface area contributed by atoms with Crippen LogP contribution in [0.1, 0.15) is 35.6 Å². The number of likely N-dealkylation sites (N-methyl/N-ethyl adjacent to an activating group) is 1. The molecule has 0 spiro atoms. The molecule has 7 nitrogen and oxygen atoms in total. The summed E-state index contributed by atoms with van der Waals surface area (Å²) in [6.45, 7) is 1.44. The molecule has 0 bridgehead atoms. The molecule has 0 aliphatic carbocycles. The highest BCUT2D eigenvalue weighted by atomic mass is 16.5. The topological polar surface area (TPSA) is 77.7 Å². The van der Waals surface area contributed by atoms with Crippen LogP contribution in [-0.4, -0.2) is 47.1 Å². The summed E-state index contributed by atoms with van der Waals surface area (Å²) in [5.74, 6) is 0.811. The maximum atomic E-state index is 12.6. The number of nitrogens with zero attached hydrogens (tertiary/aromatic N) is 3. The molecule has 0 radical (unpaired) electrons. The Morgan fingerprint density at radius 3 is 3.04 bits per heavy atom. The predicted octanol–water partition coefficient (Wildman–Crippen LogP) is 3.44. The smallest absolute Gasteiger partial charge is 0.275 e. The van der Waals surface area contributed by atoms with E-state index in [4.69, 9.17) is 13.9 Å². The molecule has 146 valence electrons. The van der Waals surface area contributed by atoms with Gasteiger partial charge >= 0.3 is 0 Å². The van der Waals surface area contributed by atoms with E-state index in [0.717, 1.165) is 36.8 Å². The number of oxazole rings is 1. The van der Waals surface area contributed by atoms with Gasteiger partial charge in [0.2, 0.25) is 5.89 Å². The third kappa shape index (κ3) is 4.14. The summed E-state index contributed by atoms with van der Waals surface area (Å²) in [6, 6.07) is 9.59. The van der Waals surface area contributed by atoms with Gasteiger partial charge < -0.3 is 18.8 Å². The maximum absolute atomic E-state index is 12.6. The van der Waals surface area contributed by atoms with Gasteiger partial charge in [0, 0.05) is 31.8 Å². The molecule has 0 saturated carbocycles. The molecule has 3 heterocycles. The van der Waals surface area contributed by atoms with E-state index in [9.17, 15) is 4.79 Å². The van der Waals surface area contributed by atoms with E-state index in [1.54, 1.807) is 18.1 Å². The number of aromatic nitrogens is 2. The Morgan fingerprint density at radius 1 is 1.29 bits per heavy atom. The lowest BCUT2D eigenvalue weighted by Crippen LogP contribution is -2.37. The number of benzene rings is 1. The van der Waals surface area contributed by atoms with Crippen LogP contribution in [0.5, 0.6) is 5.75 Å².